The SMILES string of the molecule is CCN(CC1CCCCN1)C(=O)c1cnc[nH]1. The lowest BCUT2D eigenvalue weighted by atomic mass is 10.0. The highest BCUT2D eigenvalue weighted by molar-refractivity contribution is 5.92. The Bertz CT molecular complexity index is 343. The summed E-state index contributed by atoms with van der Waals surface area (Å²) in [6.07, 6.45) is 6.79. The van der Waals surface area contributed by atoms with Crippen LogP contribution in [0.5, 0.6) is 0 Å². The zero-order chi connectivity index (χ0) is 12.1. The fourth-order valence-corrected chi connectivity index (χ4v) is 2.24. The summed E-state index contributed by atoms with van der Waals surface area (Å²) in [7, 11) is 0. The highest BCUT2D eigenvalue weighted by atomic mass is 16.2. The largest absolute Gasteiger partial charge is 0.341 e. The number of imidazole rings is 1. The van der Waals surface area contributed by atoms with Crippen molar-refractivity contribution in [2.24, 2.45) is 0 Å². The lowest BCUT2D eigenvalue weighted by Crippen LogP contribution is -2.45. The van der Waals surface area contributed by atoms with Crippen molar-refractivity contribution in [1.82, 2.24) is 20.2 Å². The number of hydrogen-bond acceptors (Lipinski definition) is 3. The van der Waals surface area contributed by atoms with E-state index in [-0.39, 0.29) is 5.91 Å². The van der Waals surface area contributed by atoms with E-state index in [1.807, 2.05) is 11.8 Å². The molecule has 1 amide bonds. The second kappa shape index (κ2) is 5.82. The van der Waals surface area contributed by atoms with Gasteiger partial charge in [0.2, 0.25) is 0 Å². The minimum Gasteiger partial charge on any atom is -0.341 e. The van der Waals surface area contributed by atoms with Gasteiger partial charge < -0.3 is 15.2 Å². The van der Waals surface area contributed by atoms with E-state index >= 15 is 0 Å². The Morgan fingerprint density at radius 1 is 1.59 bits per heavy atom. The molecule has 2 heterocycles. The van der Waals surface area contributed by atoms with Crippen LogP contribution in [-0.4, -0.2) is 46.5 Å². The first-order valence-corrected chi connectivity index (χ1v) is 6.32. The molecule has 1 aliphatic heterocycles. The summed E-state index contributed by atoms with van der Waals surface area (Å²) < 4.78 is 0. The molecule has 0 aromatic carbocycles. The van der Waals surface area contributed by atoms with E-state index in [0.29, 0.717) is 11.7 Å². The fraction of sp³-hybridized carbons (Fsp3) is 0.667. The van der Waals surface area contributed by atoms with Gasteiger partial charge in [-0.15, -0.1) is 0 Å². The van der Waals surface area contributed by atoms with Gasteiger partial charge in [0.1, 0.15) is 5.69 Å². The zero-order valence-electron chi connectivity index (χ0n) is 10.3. The number of H-pyrrole nitrogens is 1. The molecule has 1 aliphatic rings. The number of rotatable bonds is 4. The standard InChI is InChI=1S/C12H20N4O/c1-2-16(8-10-5-3-4-6-14-10)12(17)11-7-13-9-15-11/h7,9-10,14H,2-6,8H2,1H3,(H,13,15). The van der Waals surface area contributed by atoms with Crippen molar-refractivity contribution in [2.75, 3.05) is 19.6 Å². The number of amides is 1. The summed E-state index contributed by atoms with van der Waals surface area (Å²) in [5.74, 6) is 0.0392. The van der Waals surface area contributed by atoms with Gasteiger partial charge in [0.05, 0.1) is 12.5 Å². The zero-order valence-corrected chi connectivity index (χ0v) is 10.3. The van der Waals surface area contributed by atoms with Crippen molar-refractivity contribution in [1.29, 1.82) is 0 Å². The average molecular weight is 236 g/mol. The van der Waals surface area contributed by atoms with Gasteiger partial charge in [0.25, 0.3) is 5.91 Å². The number of piperidine rings is 1. The molecular weight excluding hydrogens is 216 g/mol. The molecule has 0 radical (unpaired) electrons. The summed E-state index contributed by atoms with van der Waals surface area (Å²) in [6.45, 7) is 4.60. The van der Waals surface area contributed by atoms with Crippen molar-refractivity contribution in [3.05, 3.63) is 18.2 Å². The minimum atomic E-state index is 0.0392. The van der Waals surface area contributed by atoms with Crippen LogP contribution in [0.4, 0.5) is 0 Å². The highest BCUT2D eigenvalue weighted by Gasteiger charge is 2.20. The summed E-state index contributed by atoms with van der Waals surface area (Å²) >= 11 is 0. The van der Waals surface area contributed by atoms with Gasteiger partial charge in [-0.05, 0) is 26.3 Å². The third kappa shape index (κ3) is 3.06. The van der Waals surface area contributed by atoms with Crippen molar-refractivity contribution in [3.63, 3.8) is 0 Å². The summed E-state index contributed by atoms with van der Waals surface area (Å²) in [5, 5.41) is 3.46. The van der Waals surface area contributed by atoms with Crippen LogP contribution in [0.25, 0.3) is 0 Å². The normalized spacial score (nSPS) is 20.2. The molecule has 17 heavy (non-hydrogen) atoms. The van der Waals surface area contributed by atoms with Gasteiger partial charge in [0.15, 0.2) is 0 Å². The second-order valence-electron chi connectivity index (χ2n) is 4.46. The number of nitrogens with one attached hydrogen (secondary N) is 2. The van der Waals surface area contributed by atoms with Crippen LogP contribution >= 0.6 is 0 Å². The highest BCUT2D eigenvalue weighted by Crippen LogP contribution is 2.10. The first-order chi connectivity index (χ1) is 8.31. The Labute approximate surface area is 102 Å². The molecule has 2 rings (SSSR count). The predicted octanol–water partition coefficient (Wildman–Crippen LogP) is 1.01. The van der Waals surface area contributed by atoms with Crippen LogP contribution in [0.3, 0.4) is 0 Å². The van der Waals surface area contributed by atoms with Crippen molar-refractivity contribution < 1.29 is 4.79 Å². The summed E-state index contributed by atoms with van der Waals surface area (Å²) in [6, 6.07) is 0.440. The van der Waals surface area contributed by atoms with E-state index in [4.69, 9.17) is 0 Å². The smallest absolute Gasteiger partial charge is 0.271 e. The first-order valence-electron chi connectivity index (χ1n) is 6.32. The van der Waals surface area contributed by atoms with Gasteiger partial charge in [-0.25, -0.2) is 4.98 Å². The molecule has 1 saturated heterocycles. The van der Waals surface area contributed by atoms with E-state index in [2.05, 4.69) is 15.3 Å². The molecule has 0 saturated carbocycles. The summed E-state index contributed by atoms with van der Waals surface area (Å²) in [4.78, 5) is 20.8. The van der Waals surface area contributed by atoms with Gasteiger partial charge in [-0.2, -0.15) is 0 Å². The summed E-state index contributed by atoms with van der Waals surface area (Å²) in [5.41, 5.74) is 0.572. The third-order valence-corrected chi connectivity index (χ3v) is 3.25. The number of nitrogens with zero attached hydrogens (tertiary/aromatic N) is 2. The Morgan fingerprint density at radius 2 is 2.47 bits per heavy atom. The Hall–Kier alpha value is -1.36. The Balaban J connectivity index is 1.93. The molecule has 1 atom stereocenters. The lowest BCUT2D eigenvalue weighted by Gasteiger charge is -2.29. The Morgan fingerprint density at radius 3 is 3.06 bits per heavy atom. The minimum absolute atomic E-state index is 0.0392. The molecule has 1 fully saturated rings. The van der Waals surface area contributed by atoms with Crippen molar-refractivity contribution in [2.45, 2.75) is 32.2 Å². The van der Waals surface area contributed by atoms with Crippen molar-refractivity contribution in [3.8, 4) is 0 Å². The number of likely N-dealkylation sites (N-methyl/N-ethyl adjacent to an activating group) is 1. The van der Waals surface area contributed by atoms with Crippen LogP contribution in [-0.2, 0) is 0 Å². The average Bonchev–Trinajstić information content (AvgIpc) is 2.90. The number of hydrogen-bond donors (Lipinski definition) is 2. The number of carbonyl (C=O) groups is 1. The molecule has 1 aromatic rings. The third-order valence-electron chi connectivity index (χ3n) is 3.25. The van der Waals surface area contributed by atoms with E-state index in [9.17, 15) is 4.79 Å². The molecular formula is C12H20N4O. The molecule has 0 bridgehead atoms. The lowest BCUT2D eigenvalue weighted by molar-refractivity contribution is 0.0736. The molecule has 5 heteroatoms. The van der Waals surface area contributed by atoms with Gasteiger partial charge >= 0.3 is 0 Å². The maximum Gasteiger partial charge on any atom is 0.271 e. The molecule has 1 aromatic heterocycles. The number of aromatic amines is 1. The van der Waals surface area contributed by atoms with E-state index in [0.717, 1.165) is 26.1 Å². The van der Waals surface area contributed by atoms with Crippen LogP contribution < -0.4 is 5.32 Å². The monoisotopic (exact) mass is 236 g/mol. The quantitative estimate of drug-likeness (QED) is 0.820. The number of aromatic nitrogens is 2. The molecule has 0 aliphatic carbocycles. The van der Waals surface area contributed by atoms with Crippen LogP contribution in [0.15, 0.2) is 12.5 Å². The number of carbonyl (C=O) groups excluding carboxylic acids is 1. The van der Waals surface area contributed by atoms with E-state index in [1.54, 1.807) is 12.5 Å². The van der Waals surface area contributed by atoms with E-state index in [1.165, 1.54) is 12.8 Å². The molecule has 2 N–H and O–H groups in total. The molecule has 94 valence electrons. The van der Waals surface area contributed by atoms with Crippen LogP contribution in [0.2, 0.25) is 0 Å². The first kappa shape index (κ1) is 12.1. The molecule has 1 unspecified atom stereocenters. The maximum atomic E-state index is 12.1. The van der Waals surface area contributed by atoms with Crippen LogP contribution in [0.1, 0.15) is 36.7 Å². The Kier molecular flexibility index (Phi) is 4.14. The molecule has 5 nitrogen and oxygen atoms in total. The van der Waals surface area contributed by atoms with Crippen molar-refractivity contribution >= 4 is 5.91 Å². The second-order valence-corrected chi connectivity index (χ2v) is 4.46. The topological polar surface area (TPSA) is 61.0 Å². The van der Waals surface area contributed by atoms with Gasteiger partial charge in [-0.1, -0.05) is 6.42 Å². The molecule has 0 spiro atoms. The van der Waals surface area contributed by atoms with Gasteiger partial charge in [-0.3, -0.25) is 4.79 Å². The predicted molar refractivity (Wildman–Crippen MR) is 65.8 cm³/mol. The van der Waals surface area contributed by atoms with E-state index < -0.39 is 0 Å². The fourth-order valence-electron chi connectivity index (χ4n) is 2.24. The van der Waals surface area contributed by atoms with Gasteiger partial charge in [0, 0.05) is 19.1 Å². The maximum absolute atomic E-state index is 12.1. The van der Waals surface area contributed by atoms with Crippen LogP contribution in [0, 0.1) is 0 Å².